The molecule has 0 aliphatic rings. The fraction of sp³-hybridized carbons (Fsp3) is 0.143. The lowest BCUT2D eigenvalue weighted by molar-refractivity contribution is 0.795. The molecule has 0 unspecified atom stereocenters. The number of benzene rings is 1. The lowest BCUT2D eigenvalue weighted by atomic mass is 10.2. The van der Waals surface area contributed by atoms with Crippen molar-refractivity contribution in [1.29, 1.82) is 0 Å². The Kier molecular flexibility index (Phi) is 3.61. The molecule has 0 atom stereocenters. The molecule has 0 N–H and O–H groups in total. The molecule has 0 amide bonds. The molecule has 0 radical (unpaired) electrons. The second-order valence-electron chi connectivity index (χ2n) is 4.57. The van der Waals surface area contributed by atoms with Gasteiger partial charge in [0.25, 0.3) is 5.95 Å². The van der Waals surface area contributed by atoms with Crippen LogP contribution in [0.3, 0.4) is 0 Å². The molecule has 106 valence electrons. The van der Waals surface area contributed by atoms with Crippen LogP contribution in [0, 0.1) is 13.8 Å². The van der Waals surface area contributed by atoms with Crippen LogP contribution in [0.1, 0.15) is 11.4 Å². The lowest BCUT2D eigenvalue weighted by Crippen LogP contribution is -2.05. The van der Waals surface area contributed by atoms with Gasteiger partial charge in [-0.3, -0.25) is 0 Å². The van der Waals surface area contributed by atoms with E-state index >= 15 is 0 Å². The van der Waals surface area contributed by atoms with Crippen molar-refractivity contribution < 1.29 is 0 Å². The van der Waals surface area contributed by atoms with Crippen molar-refractivity contribution in [2.75, 3.05) is 0 Å². The Morgan fingerprint density at radius 1 is 0.905 bits per heavy atom. The van der Waals surface area contributed by atoms with E-state index in [1.54, 1.807) is 12.1 Å². The second kappa shape index (κ2) is 5.42. The summed E-state index contributed by atoms with van der Waals surface area (Å²) in [5, 5.41) is 5.24. The van der Waals surface area contributed by atoms with Gasteiger partial charge < -0.3 is 0 Å². The summed E-state index contributed by atoms with van der Waals surface area (Å²) in [6.07, 6.45) is 0. The maximum atomic E-state index is 6.15. The molecule has 0 fully saturated rings. The topological polar surface area (TPSA) is 56.5 Å². The van der Waals surface area contributed by atoms with Gasteiger partial charge in [-0.1, -0.05) is 11.6 Å². The van der Waals surface area contributed by atoms with Gasteiger partial charge in [0.2, 0.25) is 5.28 Å². The molecule has 0 spiro atoms. The molecule has 2 aromatic heterocycles. The number of hydrogen-bond donors (Lipinski definition) is 0. The first-order valence-electron chi connectivity index (χ1n) is 6.24. The van der Waals surface area contributed by atoms with E-state index < -0.39 is 0 Å². The van der Waals surface area contributed by atoms with Gasteiger partial charge in [-0.15, -0.1) is 5.10 Å². The van der Waals surface area contributed by atoms with Crippen LogP contribution < -0.4 is 0 Å². The summed E-state index contributed by atoms with van der Waals surface area (Å²) in [6.45, 7) is 3.78. The molecule has 0 saturated heterocycles. The van der Waals surface area contributed by atoms with E-state index in [1.807, 2.05) is 32.0 Å². The van der Waals surface area contributed by atoms with Crippen LogP contribution in [0.25, 0.3) is 17.3 Å². The number of hydrogen-bond acceptors (Lipinski definition) is 4. The highest BCUT2D eigenvalue weighted by Crippen LogP contribution is 2.21. The van der Waals surface area contributed by atoms with Crippen molar-refractivity contribution >= 4 is 23.2 Å². The Hall–Kier alpha value is -1.98. The molecular weight excluding hydrogens is 309 g/mol. The molecule has 0 aliphatic carbocycles. The number of rotatable bonds is 2. The molecule has 21 heavy (non-hydrogen) atoms. The Bertz CT molecular complexity index is 775. The number of aryl methyl sites for hydroxylation is 2. The van der Waals surface area contributed by atoms with E-state index in [2.05, 4.69) is 20.1 Å². The van der Waals surface area contributed by atoms with Crippen LogP contribution in [0.5, 0.6) is 0 Å². The average Bonchev–Trinajstić information content (AvgIpc) is 2.80. The van der Waals surface area contributed by atoms with E-state index in [0.29, 0.717) is 16.8 Å². The minimum atomic E-state index is 0.213. The molecule has 3 rings (SSSR count). The van der Waals surface area contributed by atoms with Gasteiger partial charge in [-0.2, -0.15) is 9.67 Å². The zero-order valence-corrected chi connectivity index (χ0v) is 12.9. The van der Waals surface area contributed by atoms with Gasteiger partial charge in [0.05, 0.1) is 0 Å². The largest absolute Gasteiger partial charge is 0.253 e. The van der Waals surface area contributed by atoms with Crippen molar-refractivity contribution in [2.24, 2.45) is 0 Å². The Labute approximate surface area is 131 Å². The highest BCUT2D eigenvalue weighted by Gasteiger charge is 2.14. The predicted octanol–water partition coefficient (Wildman–Crippen LogP) is 3.65. The first kappa shape index (κ1) is 14.0. The standard InChI is InChI=1S/C14H11Cl2N5/c1-8-7-9(2)18-14(17-8)21-13(16)19-12(20-21)10-3-5-11(15)6-4-10/h3-7H,1-2H3. The summed E-state index contributed by atoms with van der Waals surface area (Å²) in [5.74, 6) is 0.907. The summed E-state index contributed by atoms with van der Waals surface area (Å²) in [7, 11) is 0. The highest BCUT2D eigenvalue weighted by atomic mass is 35.5. The van der Waals surface area contributed by atoms with E-state index in [4.69, 9.17) is 23.2 Å². The fourth-order valence-corrected chi connectivity index (χ4v) is 2.26. The van der Waals surface area contributed by atoms with Crippen LogP contribution in [-0.2, 0) is 0 Å². The number of aromatic nitrogens is 5. The van der Waals surface area contributed by atoms with Crippen molar-refractivity contribution in [3.63, 3.8) is 0 Å². The van der Waals surface area contributed by atoms with Crippen LogP contribution >= 0.6 is 23.2 Å². The Morgan fingerprint density at radius 3 is 2.14 bits per heavy atom. The Morgan fingerprint density at radius 2 is 1.52 bits per heavy atom. The van der Waals surface area contributed by atoms with Gasteiger partial charge in [0.15, 0.2) is 5.82 Å². The molecular formula is C14H11Cl2N5. The Balaban J connectivity index is 2.07. The quantitative estimate of drug-likeness (QED) is 0.723. The third-order valence-electron chi connectivity index (χ3n) is 2.83. The van der Waals surface area contributed by atoms with Gasteiger partial charge >= 0.3 is 0 Å². The van der Waals surface area contributed by atoms with Crippen molar-refractivity contribution in [3.05, 3.63) is 52.0 Å². The summed E-state index contributed by atoms with van der Waals surface area (Å²) in [6, 6.07) is 9.10. The summed E-state index contributed by atoms with van der Waals surface area (Å²) in [4.78, 5) is 12.9. The van der Waals surface area contributed by atoms with E-state index in [1.165, 1.54) is 4.68 Å². The molecule has 0 bridgehead atoms. The van der Waals surface area contributed by atoms with E-state index in [9.17, 15) is 0 Å². The van der Waals surface area contributed by atoms with Crippen molar-refractivity contribution in [3.8, 4) is 17.3 Å². The summed E-state index contributed by atoms with van der Waals surface area (Å²) in [5.41, 5.74) is 2.51. The average molecular weight is 320 g/mol. The first-order valence-corrected chi connectivity index (χ1v) is 7.00. The van der Waals surface area contributed by atoms with Gasteiger partial charge in [0, 0.05) is 22.0 Å². The van der Waals surface area contributed by atoms with E-state index in [0.717, 1.165) is 17.0 Å². The summed E-state index contributed by atoms with van der Waals surface area (Å²) >= 11 is 12.0. The molecule has 7 heteroatoms. The summed E-state index contributed by atoms with van der Waals surface area (Å²) < 4.78 is 1.42. The minimum Gasteiger partial charge on any atom is -0.216 e. The first-order chi connectivity index (χ1) is 10.0. The zero-order valence-electron chi connectivity index (χ0n) is 11.4. The van der Waals surface area contributed by atoms with E-state index in [-0.39, 0.29) is 5.28 Å². The highest BCUT2D eigenvalue weighted by molar-refractivity contribution is 6.30. The number of nitrogens with zero attached hydrogens (tertiary/aromatic N) is 5. The van der Waals surface area contributed by atoms with Crippen LogP contribution in [0.4, 0.5) is 0 Å². The van der Waals surface area contributed by atoms with Gasteiger partial charge in [-0.25, -0.2) is 9.97 Å². The van der Waals surface area contributed by atoms with Crippen LogP contribution in [0.2, 0.25) is 10.3 Å². The zero-order chi connectivity index (χ0) is 15.0. The molecule has 2 heterocycles. The molecule has 5 nitrogen and oxygen atoms in total. The monoisotopic (exact) mass is 319 g/mol. The fourth-order valence-electron chi connectivity index (χ4n) is 1.94. The van der Waals surface area contributed by atoms with Gasteiger partial charge in [-0.05, 0) is 55.8 Å². The molecule has 1 aromatic carbocycles. The third kappa shape index (κ3) is 2.89. The smallest absolute Gasteiger partial charge is 0.216 e. The van der Waals surface area contributed by atoms with Crippen LogP contribution in [0.15, 0.2) is 30.3 Å². The maximum absolute atomic E-state index is 6.15. The second-order valence-corrected chi connectivity index (χ2v) is 5.35. The lowest BCUT2D eigenvalue weighted by Gasteiger charge is -2.02. The maximum Gasteiger partial charge on any atom is 0.253 e. The number of halogens is 2. The van der Waals surface area contributed by atoms with Crippen molar-refractivity contribution in [2.45, 2.75) is 13.8 Å². The molecule has 3 aromatic rings. The van der Waals surface area contributed by atoms with Crippen LogP contribution in [-0.4, -0.2) is 24.7 Å². The molecule has 0 aliphatic heterocycles. The minimum absolute atomic E-state index is 0.213. The normalized spacial score (nSPS) is 10.9. The predicted molar refractivity (Wildman–Crippen MR) is 81.9 cm³/mol. The van der Waals surface area contributed by atoms with Crippen molar-refractivity contribution in [1.82, 2.24) is 24.7 Å². The third-order valence-corrected chi connectivity index (χ3v) is 3.33. The molecule has 0 saturated carbocycles. The van der Waals surface area contributed by atoms with Gasteiger partial charge in [0.1, 0.15) is 0 Å². The SMILES string of the molecule is Cc1cc(C)nc(-n2nc(-c3ccc(Cl)cc3)nc2Cl)n1.